The van der Waals surface area contributed by atoms with Gasteiger partial charge in [0, 0.05) is 56.2 Å². The highest BCUT2D eigenvalue weighted by atomic mass is 19.1. The zero-order valence-electron chi connectivity index (χ0n) is 19.0. The van der Waals surface area contributed by atoms with Crippen LogP contribution in [0, 0.1) is 17.7 Å². The van der Waals surface area contributed by atoms with Crippen LogP contribution in [-0.2, 0) is 25.6 Å². The standard InChI is InChI=1S/C24H34FN3O4/c1-16(2)26-22(29)11-18-14-28(13-17-5-3-4-6-19(17)25)20-15-32-21(24(18)20)12-23(30)27-7-9-31-10-8-27/h3-6,16,18,20-21,24H,7-15H2,1-2H3,(H,26,29)/t18-,20-,21+,24-/m1/s1. The molecule has 7 nitrogen and oxygen atoms in total. The number of hydrogen-bond donors (Lipinski definition) is 1. The number of nitrogens with one attached hydrogen (secondary N) is 1. The van der Waals surface area contributed by atoms with E-state index in [1.54, 1.807) is 12.1 Å². The number of halogens is 1. The Morgan fingerprint density at radius 1 is 1.19 bits per heavy atom. The van der Waals surface area contributed by atoms with E-state index in [2.05, 4.69) is 10.2 Å². The summed E-state index contributed by atoms with van der Waals surface area (Å²) in [6.45, 7) is 7.92. The molecular weight excluding hydrogens is 413 g/mol. The van der Waals surface area contributed by atoms with Gasteiger partial charge in [0.25, 0.3) is 0 Å². The molecule has 3 aliphatic heterocycles. The first-order chi connectivity index (χ1) is 15.4. The third kappa shape index (κ3) is 5.30. The van der Waals surface area contributed by atoms with Crippen molar-refractivity contribution in [2.24, 2.45) is 11.8 Å². The third-order valence-corrected chi connectivity index (χ3v) is 6.81. The number of ether oxygens (including phenoxy) is 2. The fourth-order valence-corrected chi connectivity index (χ4v) is 5.37. The normalized spacial score (nSPS) is 28.2. The van der Waals surface area contributed by atoms with Crippen molar-refractivity contribution in [1.29, 1.82) is 0 Å². The number of nitrogens with zero attached hydrogens (tertiary/aromatic N) is 2. The van der Waals surface area contributed by atoms with Crippen molar-refractivity contribution in [2.75, 3.05) is 39.5 Å². The van der Waals surface area contributed by atoms with Crippen LogP contribution in [0.3, 0.4) is 0 Å². The predicted octanol–water partition coefficient (Wildman–Crippen LogP) is 1.80. The molecule has 0 bridgehead atoms. The minimum Gasteiger partial charge on any atom is -0.378 e. The van der Waals surface area contributed by atoms with Gasteiger partial charge in [-0.05, 0) is 25.8 Å². The molecule has 32 heavy (non-hydrogen) atoms. The van der Waals surface area contributed by atoms with E-state index in [9.17, 15) is 14.0 Å². The van der Waals surface area contributed by atoms with E-state index in [-0.39, 0.29) is 47.7 Å². The van der Waals surface area contributed by atoms with Crippen molar-refractivity contribution in [3.8, 4) is 0 Å². The maximum atomic E-state index is 14.3. The molecule has 3 aliphatic rings. The van der Waals surface area contributed by atoms with Gasteiger partial charge in [-0.25, -0.2) is 4.39 Å². The number of rotatable bonds is 7. The molecule has 0 saturated carbocycles. The van der Waals surface area contributed by atoms with Crippen molar-refractivity contribution < 1.29 is 23.5 Å². The van der Waals surface area contributed by atoms with Gasteiger partial charge >= 0.3 is 0 Å². The van der Waals surface area contributed by atoms with Gasteiger partial charge in [0.05, 0.1) is 32.3 Å². The second-order valence-corrected chi connectivity index (χ2v) is 9.42. The molecule has 2 amide bonds. The number of likely N-dealkylation sites (tertiary alicyclic amines) is 1. The Kier molecular flexibility index (Phi) is 7.43. The lowest BCUT2D eigenvalue weighted by Gasteiger charge is -2.29. The summed E-state index contributed by atoms with van der Waals surface area (Å²) in [5.41, 5.74) is 0.645. The van der Waals surface area contributed by atoms with Crippen LogP contribution >= 0.6 is 0 Å². The molecule has 1 N–H and O–H groups in total. The van der Waals surface area contributed by atoms with Crippen LogP contribution in [0.1, 0.15) is 32.3 Å². The smallest absolute Gasteiger partial charge is 0.225 e. The molecule has 1 aromatic rings. The van der Waals surface area contributed by atoms with E-state index in [1.165, 1.54) is 6.07 Å². The highest BCUT2D eigenvalue weighted by Crippen LogP contribution is 2.42. The number of amides is 2. The Balaban J connectivity index is 1.48. The van der Waals surface area contributed by atoms with Gasteiger partial charge in [0.2, 0.25) is 11.8 Å². The van der Waals surface area contributed by atoms with E-state index < -0.39 is 0 Å². The Hall–Kier alpha value is -2.03. The molecule has 3 heterocycles. The molecular formula is C24H34FN3O4. The number of carbonyl (C=O) groups excluding carboxylic acids is 2. The molecule has 3 saturated heterocycles. The fraction of sp³-hybridized carbons (Fsp3) is 0.667. The van der Waals surface area contributed by atoms with Gasteiger partial charge in [-0.1, -0.05) is 18.2 Å². The topological polar surface area (TPSA) is 71.1 Å². The minimum atomic E-state index is -0.224. The van der Waals surface area contributed by atoms with Gasteiger partial charge in [-0.2, -0.15) is 0 Å². The van der Waals surface area contributed by atoms with Gasteiger partial charge in [0.15, 0.2) is 0 Å². The fourth-order valence-electron chi connectivity index (χ4n) is 5.37. The van der Waals surface area contributed by atoms with Crippen LogP contribution in [-0.4, -0.2) is 79.3 Å². The summed E-state index contributed by atoms with van der Waals surface area (Å²) < 4.78 is 25.8. The Bertz CT molecular complexity index is 814. The number of fused-ring (bicyclic) bond motifs is 1. The number of morpholine rings is 1. The molecule has 3 fully saturated rings. The maximum absolute atomic E-state index is 14.3. The Labute approximate surface area is 189 Å². The van der Waals surface area contributed by atoms with Crippen molar-refractivity contribution in [3.63, 3.8) is 0 Å². The third-order valence-electron chi connectivity index (χ3n) is 6.81. The largest absolute Gasteiger partial charge is 0.378 e. The molecule has 1 aromatic carbocycles. The van der Waals surface area contributed by atoms with Crippen LogP contribution in [0.15, 0.2) is 24.3 Å². The lowest BCUT2D eigenvalue weighted by molar-refractivity contribution is -0.138. The van der Waals surface area contributed by atoms with Gasteiger partial charge in [0.1, 0.15) is 5.82 Å². The van der Waals surface area contributed by atoms with E-state index >= 15 is 0 Å². The SMILES string of the molecule is CC(C)NC(=O)C[C@@H]1CN(Cc2ccccc2F)[C@@H]2CO[C@@H](CC(=O)N3CCOCC3)[C@H]12. The highest BCUT2D eigenvalue weighted by molar-refractivity contribution is 5.77. The van der Waals surface area contributed by atoms with Crippen LogP contribution in [0.4, 0.5) is 4.39 Å². The van der Waals surface area contributed by atoms with E-state index in [0.29, 0.717) is 64.4 Å². The second-order valence-electron chi connectivity index (χ2n) is 9.42. The first-order valence-electron chi connectivity index (χ1n) is 11.7. The molecule has 4 atom stereocenters. The van der Waals surface area contributed by atoms with Gasteiger partial charge in [-0.15, -0.1) is 0 Å². The number of hydrogen-bond acceptors (Lipinski definition) is 5. The van der Waals surface area contributed by atoms with Crippen LogP contribution in [0.2, 0.25) is 0 Å². The summed E-state index contributed by atoms with van der Waals surface area (Å²) in [7, 11) is 0. The summed E-state index contributed by atoms with van der Waals surface area (Å²) in [6, 6.07) is 6.97. The molecule has 0 aliphatic carbocycles. The van der Waals surface area contributed by atoms with Gasteiger partial charge in [-0.3, -0.25) is 14.5 Å². The summed E-state index contributed by atoms with van der Waals surface area (Å²) in [6.07, 6.45) is 0.480. The first kappa shape index (κ1) is 23.1. The summed E-state index contributed by atoms with van der Waals surface area (Å²) in [5, 5.41) is 2.98. The molecule has 0 aromatic heterocycles. The monoisotopic (exact) mass is 447 g/mol. The summed E-state index contributed by atoms with van der Waals surface area (Å²) >= 11 is 0. The van der Waals surface area contributed by atoms with Crippen LogP contribution in [0.25, 0.3) is 0 Å². The molecule has 8 heteroatoms. The molecule has 0 unspecified atom stereocenters. The maximum Gasteiger partial charge on any atom is 0.225 e. The zero-order chi connectivity index (χ0) is 22.7. The van der Waals surface area contributed by atoms with Crippen molar-refractivity contribution in [1.82, 2.24) is 15.1 Å². The predicted molar refractivity (Wildman–Crippen MR) is 117 cm³/mol. The second kappa shape index (κ2) is 10.3. The number of carbonyl (C=O) groups is 2. The Morgan fingerprint density at radius 3 is 2.66 bits per heavy atom. The van der Waals surface area contributed by atoms with Crippen molar-refractivity contribution in [3.05, 3.63) is 35.6 Å². The molecule has 0 spiro atoms. The van der Waals surface area contributed by atoms with Gasteiger partial charge < -0.3 is 19.7 Å². The summed E-state index contributed by atoms with van der Waals surface area (Å²) in [5.74, 6) is 0.0155. The van der Waals surface area contributed by atoms with Crippen molar-refractivity contribution in [2.45, 2.75) is 51.4 Å². The first-order valence-corrected chi connectivity index (χ1v) is 11.7. The number of benzene rings is 1. The quantitative estimate of drug-likeness (QED) is 0.690. The molecule has 4 rings (SSSR count). The lowest BCUT2D eigenvalue weighted by atomic mass is 9.84. The van der Waals surface area contributed by atoms with Crippen LogP contribution < -0.4 is 5.32 Å². The zero-order valence-corrected chi connectivity index (χ0v) is 19.0. The van der Waals surface area contributed by atoms with Crippen molar-refractivity contribution >= 4 is 11.8 Å². The highest BCUT2D eigenvalue weighted by Gasteiger charge is 2.51. The lowest BCUT2D eigenvalue weighted by Crippen LogP contribution is -2.43. The molecule has 176 valence electrons. The average molecular weight is 448 g/mol. The van der Waals surface area contributed by atoms with Crippen LogP contribution in [0.5, 0.6) is 0 Å². The van der Waals surface area contributed by atoms with E-state index in [4.69, 9.17) is 9.47 Å². The Morgan fingerprint density at radius 2 is 1.94 bits per heavy atom. The minimum absolute atomic E-state index is 0.0154. The summed E-state index contributed by atoms with van der Waals surface area (Å²) in [4.78, 5) is 29.5. The average Bonchev–Trinajstić information content (AvgIpc) is 3.31. The van der Waals surface area contributed by atoms with E-state index in [0.717, 1.165) is 0 Å². The molecule has 0 radical (unpaired) electrons. The van der Waals surface area contributed by atoms with E-state index in [1.807, 2.05) is 24.8 Å².